The Hall–Kier alpha value is -3.88. The van der Waals surface area contributed by atoms with Gasteiger partial charge in [-0.3, -0.25) is 0 Å². The van der Waals surface area contributed by atoms with E-state index in [1.165, 1.54) is 66.6 Å². The first-order chi connectivity index (χ1) is 20.6. The van der Waals surface area contributed by atoms with Gasteiger partial charge in [-0.1, -0.05) is 92.2 Å². The van der Waals surface area contributed by atoms with Crippen molar-refractivity contribution < 1.29 is 4.58 Å². The van der Waals surface area contributed by atoms with Crippen molar-refractivity contribution in [2.24, 2.45) is 0 Å². The van der Waals surface area contributed by atoms with Crippen LogP contribution in [0.5, 0.6) is 0 Å². The second-order valence-electron chi connectivity index (χ2n) is 13.4. The molecule has 1 aliphatic carbocycles. The summed E-state index contributed by atoms with van der Waals surface area (Å²) in [7, 11) is 4.38. The first-order valence-corrected chi connectivity index (χ1v) is 15.9. The molecule has 0 unspecified atom stereocenters. The first kappa shape index (κ1) is 30.2. The maximum atomic E-state index is 7.16. The lowest BCUT2D eigenvalue weighted by Gasteiger charge is -2.25. The van der Waals surface area contributed by atoms with E-state index in [0.29, 0.717) is 0 Å². The van der Waals surface area contributed by atoms with Crippen LogP contribution in [0.2, 0.25) is 0 Å². The van der Waals surface area contributed by atoms with Crippen molar-refractivity contribution >= 4 is 50.2 Å². The van der Waals surface area contributed by atoms with E-state index in [1.807, 2.05) is 0 Å². The van der Waals surface area contributed by atoms with Crippen LogP contribution in [-0.2, 0) is 10.8 Å². The zero-order chi connectivity index (χ0) is 30.1. The fraction of sp³-hybridized carbons (Fsp3) is 0.268. The lowest BCUT2D eigenvalue weighted by Crippen LogP contribution is -2.27. The van der Waals surface area contributed by atoms with Crippen LogP contribution < -0.4 is 4.90 Å². The number of allylic oxidation sites excluding steroid dienone is 8. The predicted molar refractivity (Wildman–Crippen MR) is 192 cm³/mol. The number of hydrogen-bond acceptors (Lipinski definition) is 1. The number of nitrogens with zero attached hydrogens (tertiary/aromatic N) is 2. The Bertz CT molecular complexity index is 1980. The summed E-state index contributed by atoms with van der Waals surface area (Å²) >= 11 is 7.16. The van der Waals surface area contributed by atoms with Gasteiger partial charge in [0.15, 0.2) is 5.71 Å². The standard InChI is InChI=1S/C40H40ClN2.CH3/c1-39(2)34(42(5)32-22-18-26-12-7-9-16-30(26)36(32)39)24-20-28-14-11-15-29(38(28)41)21-25-35-40(3,4)37-31-17-10-8-13-27(31)19-23-33(37)43(35)6;/h7-10,12-13,16-25H,11,14-15H2,1-6H3;1H3/q+1;-1. The lowest BCUT2D eigenvalue weighted by molar-refractivity contribution is -0.401. The second-order valence-corrected chi connectivity index (χ2v) is 13.8. The molecule has 4 aromatic carbocycles. The summed E-state index contributed by atoms with van der Waals surface area (Å²) in [5.74, 6) is 0. The predicted octanol–water partition coefficient (Wildman–Crippen LogP) is 10.9. The van der Waals surface area contributed by atoms with Gasteiger partial charge in [0.1, 0.15) is 7.05 Å². The molecule has 0 saturated carbocycles. The number of halogens is 1. The van der Waals surface area contributed by atoms with Crippen molar-refractivity contribution in [2.75, 3.05) is 19.0 Å². The van der Waals surface area contributed by atoms with Gasteiger partial charge in [-0.25, -0.2) is 0 Å². The first-order valence-electron chi connectivity index (χ1n) is 15.5. The number of benzene rings is 4. The Labute approximate surface area is 268 Å². The lowest BCUT2D eigenvalue weighted by atomic mass is 9.79. The van der Waals surface area contributed by atoms with Crippen LogP contribution in [0.1, 0.15) is 58.1 Å². The SMILES string of the molecule is CN1/C(=C/C=C2\CCCC(/C=C/C3=[N+](C)c4ccc5ccccc5c4C3(C)C)=C2Cl)C(C)(C)c2c1ccc1ccccc21.[CH3-]. The Morgan fingerprint density at radius 1 is 0.750 bits per heavy atom. The van der Waals surface area contributed by atoms with Crippen molar-refractivity contribution in [1.29, 1.82) is 0 Å². The highest BCUT2D eigenvalue weighted by atomic mass is 35.5. The monoisotopic (exact) mass is 598 g/mol. The number of anilines is 1. The minimum absolute atomic E-state index is 0. The molecule has 0 N–H and O–H groups in total. The van der Waals surface area contributed by atoms with Crippen LogP contribution >= 0.6 is 11.6 Å². The molecule has 0 aromatic heterocycles. The van der Waals surface area contributed by atoms with Gasteiger partial charge in [-0.15, -0.1) is 0 Å². The molecule has 224 valence electrons. The van der Waals surface area contributed by atoms with E-state index in [4.69, 9.17) is 11.6 Å². The minimum Gasteiger partial charge on any atom is -0.358 e. The van der Waals surface area contributed by atoms with Crippen molar-refractivity contribution in [1.82, 2.24) is 0 Å². The molecule has 0 saturated heterocycles. The van der Waals surface area contributed by atoms with E-state index in [0.717, 1.165) is 24.3 Å². The summed E-state index contributed by atoms with van der Waals surface area (Å²) in [5.41, 5.74) is 10.2. The number of hydrogen-bond donors (Lipinski definition) is 0. The Balaban J connectivity index is 0.00000343. The quantitative estimate of drug-likeness (QED) is 0.168. The highest BCUT2D eigenvalue weighted by molar-refractivity contribution is 6.32. The van der Waals surface area contributed by atoms with Crippen molar-refractivity contribution in [2.45, 2.75) is 57.8 Å². The molecule has 2 heterocycles. The topological polar surface area (TPSA) is 6.25 Å². The zero-order valence-electron chi connectivity index (χ0n) is 27.1. The normalized spacial score (nSPS) is 20.8. The zero-order valence-corrected chi connectivity index (χ0v) is 27.9. The van der Waals surface area contributed by atoms with Gasteiger partial charge in [0, 0.05) is 46.6 Å². The van der Waals surface area contributed by atoms with Gasteiger partial charge in [-0.2, -0.15) is 4.58 Å². The molecule has 2 nitrogen and oxygen atoms in total. The van der Waals surface area contributed by atoms with E-state index < -0.39 is 0 Å². The molecule has 7 rings (SSSR count). The van der Waals surface area contributed by atoms with Crippen LogP contribution in [0.3, 0.4) is 0 Å². The Morgan fingerprint density at radius 2 is 1.39 bits per heavy atom. The second kappa shape index (κ2) is 10.9. The molecule has 0 bridgehead atoms. The van der Waals surface area contributed by atoms with Crippen molar-refractivity contribution in [3.63, 3.8) is 0 Å². The van der Waals surface area contributed by atoms with Gasteiger partial charge in [0.25, 0.3) is 0 Å². The van der Waals surface area contributed by atoms with E-state index >= 15 is 0 Å². The molecule has 0 fully saturated rings. The summed E-state index contributed by atoms with van der Waals surface area (Å²) in [5, 5.41) is 6.17. The van der Waals surface area contributed by atoms with E-state index in [-0.39, 0.29) is 18.3 Å². The molecule has 3 heteroatoms. The van der Waals surface area contributed by atoms with Gasteiger partial charge < -0.3 is 12.3 Å². The summed E-state index contributed by atoms with van der Waals surface area (Å²) in [6, 6.07) is 26.5. The highest BCUT2D eigenvalue weighted by Crippen LogP contribution is 2.50. The number of fused-ring (bicyclic) bond motifs is 6. The van der Waals surface area contributed by atoms with Gasteiger partial charge in [0.2, 0.25) is 5.69 Å². The molecular weight excluding hydrogens is 556 g/mol. The van der Waals surface area contributed by atoms with Crippen molar-refractivity contribution in [3.8, 4) is 0 Å². The molecular formula is C41H43ClN2. The van der Waals surface area contributed by atoms with Crippen LogP contribution in [0.25, 0.3) is 21.5 Å². The molecule has 3 aliphatic rings. The summed E-state index contributed by atoms with van der Waals surface area (Å²) < 4.78 is 2.36. The smallest absolute Gasteiger partial charge is 0.210 e. The Kier molecular flexibility index (Phi) is 7.49. The highest BCUT2D eigenvalue weighted by Gasteiger charge is 2.44. The van der Waals surface area contributed by atoms with Crippen LogP contribution in [0.4, 0.5) is 11.4 Å². The summed E-state index contributed by atoms with van der Waals surface area (Å²) in [6.07, 6.45) is 12.3. The van der Waals surface area contributed by atoms with Crippen LogP contribution in [0, 0.1) is 7.43 Å². The summed E-state index contributed by atoms with van der Waals surface area (Å²) in [6.45, 7) is 9.38. The average Bonchev–Trinajstić information content (AvgIpc) is 3.33. The van der Waals surface area contributed by atoms with Gasteiger partial charge >= 0.3 is 0 Å². The maximum absolute atomic E-state index is 7.16. The van der Waals surface area contributed by atoms with Gasteiger partial charge in [0.05, 0.1) is 5.41 Å². The third-order valence-corrected chi connectivity index (χ3v) is 10.6. The Morgan fingerprint density at radius 3 is 2.09 bits per heavy atom. The number of rotatable bonds is 3. The molecule has 44 heavy (non-hydrogen) atoms. The van der Waals surface area contributed by atoms with Crippen molar-refractivity contribution in [3.05, 3.63) is 138 Å². The van der Waals surface area contributed by atoms with E-state index in [2.05, 4.69) is 148 Å². The fourth-order valence-electron chi connectivity index (χ4n) is 7.95. The third-order valence-electron chi connectivity index (χ3n) is 10.1. The number of likely N-dealkylation sites (N-methyl/N-ethyl adjacent to an activating group) is 1. The molecule has 0 spiro atoms. The molecule has 0 atom stereocenters. The van der Waals surface area contributed by atoms with E-state index in [1.54, 1.807) is 0 Å². The molecule has 0 amide bonds. The molecule has 4 aromatic rings. The molecule has 2 aliphatic heterocycles. The van der Waals surface area contributed by atoms with Crippen LogP contribution in [0.15, 0.2) is 119 Å². The summed E-state index contributed by atoms with van der Waals surface area (Å²) in [4.78, 5) is 2.36. The minimum atomic E-state index is -0.107. The van der Waals surface area contributed by atoms with Crippen LogP contribution in [-0.4, -0.2) is 24.4 Å². The average molecular weight is 599 g/mol. The van der Waals surface area contributed by atoms with E-state index in [9.17, 15) is 0 Å². The third kappa shape index (κ3) is 4.49. The maximum Gasteiger partial charge on any atom is 0.210 e. The molecule has 0 radical (unpaired) electrons. The largest absolute Gasteiger partial charge is 0.358 e. The van der Waals surface area contributed by atoms with Gasteiger partial charge in [-0.05, 0) is 89.6 Å². The fourth-order valence-corrected chi connectivity index (χ4v) is 8.27.